The molecule has 2 aliphatic rings. The summed E-state index contributed by atoms with van der Waals surface area (Å²) >= 11 is 0. The molecule has 2 amide bonds. The van der Waals surface area contributed by atoms with Gasteiger partial charge in [0.1, 0.15) is 17.6 Å². The van der Waals surface area contributed by atoms with E-state index in [-0.39, 0.29) is 37.3 Å². The summed E-state index contributed by atoms with van der Waals surface area (Å²) in [7, 11) is -1.88. The van der Waals surface area contributed by atoms with Crippen molar-refractivity contribution in [3.05, 3.63) is 114 Å². The van der Waals surface area contributed by atoms with Crippen LogP contribution in [0.2, 0.25) is 18.6 Å². The molecule has 1 N–H and O–H groups in total. The quantitative estimate of drug-likeness (QED) is 0.137. The van der Waals surface area contributed by atoms with Gasteiger partial charge in [0.25, 0.3) is 5.91 Å². The van der Waals surface area contributed by atoms with Crippen LogP contribution in [0.15, 0.2) is 97.1 Å². The summed E-state index contributed by atoms with van der Waals surface area (Å²) in [6, 6.07) is 29.6. The molecule has 4 aromatic rings. The van der Waals surface area contributed by atoms with Crippen molar-refractivity contribution in [3.8, 4) is 17.2 Å². The molecular weight excluding hydrogens is 628 g/mol. The average Bonchev–Trinajstić information content (AvgIpc) is 3.20. The van der Waals surface area contributed by atoms with E-state index in [1.165, 1.54) is 0 Å². The number of hydrogen-bond donors (Lipinski definition) is 1. The van der Waals surface area contributed by atoms with Gasteiger partial charge in [-0.25, -0.2) is 0 Å². The first-order chi connectivity index (χ1) is 23.1. The number of hydrogen-bond acceptors (Lipinski definition) is 6. The second-order valence-electron chi connectivity index (χ2n) is 12.9. The van der Waals surface area contributed by atoms with Crippen LogP contribution in [-0.2, 0) is 16.1 Å². The van der Waals surface area contributed by atoms with E-state index in [9.17, 15) is 14.7 Å². The Morgan fingerprint density at radius 1 is 0.979 bits per heavy atom. The molecule has 1 unspecified atom stereocenters. The molecule has 4 aromatic carbocycles. The number of benzene rings is 4. The van der Waals surface area contributed by atoms with Crippen molar-refractivity contribution in [3.63, 3.8) is 0 Å². The molecular formula is C38H41FN2O6Si. The molecule has 0 saturated carbocycles. The van der Waals surface area contributed by atoms with Crippen LogP contribution in [0.4, 0.5) is 15.5 Å². The maximum Gasteiger partial charge on any atom is 0.266 e. The number of anilines is 2. The molecule has 0 spiro atoms. The first kappa shape index (κ1) is 33.4. The molecule has 0 bridgehead atoms. The van der Waals surface area contributed by atoms with E-state index in [1.807, 2.05) is 79.7 Å². The molecule has 4 atom stereocenters. The second-order valence-corrected chi connectivity index (χ2v) is 16.8. The van der Waals surface area contributed by atoms with Gasteiger partial charge in [-0.3, -0.25) is 14.5 Å². The Bertz CT molecular complexity index is 1780. The van der Waals surface area contributed by atoms with Gasteiger partial charge in [0.2, 0.25) is 14.3 Å². The normalized spacial score (nSPS) is 19.2. The minimum absolute atomic E-state index is 0.0557. The summed E-state index contributed by atoms with van der Waals surface area (Å²) in [5.41, 5.74) is 2.62. The number of halogens is 1. The van der Waals surface area contributed by atoms with Gasteiger partial charge in [0, 0.05) is 43.6 Å². The number of amides is 2. The van der Waals surface area contributed by atoms with E-state index < -0.39 is 26.2 Å². The molecule has 0 radical (unpaired) electrons. The standard InChI is InChI=1S/C38H41FN2O6Si/c1-25-36(45-2)29-22-27(41-30-15-9-11-17-33(30)46-31-16-10-8-14-28(31)38(41)44)18-19-32(29)47-37(25)34(48(3,4)39)23-35(43)40(20-21-42)24-26-12-6-5-7-13-26/h5-19,22,25,34,36-37,42H,20-21,23-24H2,1-4H3/t25-,34?,36-,37-/m1/s1. The predicted octanol–water partition coefficient (Wildman–Crippen LogP) is 7.81. The summed E-state index contributed by atoms with van der Waals surface area (Å²) < 4.78 is 35.1. The molecule has 0 aromatic heterocycles. The summed E-state index contributed by atoms with van der Waals surface area (Å²) in [5, 5.41) is 9.74. The fourth-order valence-electron chi connectivity index (χ4n) is 6.85. The molecule has 250 valence electrons. The molecule has 0 aliphatic carbocycles. The number of methoxy groups -OCH3 is 1. The SMILES string of the molecule is CO[C@H]1c2cc(N3C(=O)c4ccccc4Oc4ccccc43)ccc2O[C@@H](C(CC(=O)N(CCO)Cc2ccccc2)[Si](C)(C)F)[C@@H]1C. The van der Waals surface area contributed by atoms with E-state index in [1.54, 1.807) is 54.3 Å². The van der Waals surface area contributed by atoms with Gasteiger partial charge in [0.05, 0.1) is 29.6 Å². The number of carbonyl (C=O) groups is 2. The zero-order chi connectivity index (χ0) is 34.0. The molecule has 8 nitrogen and oxygen atoms in total. The second kappa shape index (κ2) is 13.9. The van der Waals surface area contributed by atoms with E-state index in [0.717, 1.165) is 11.1 Å². The maximum absolute atomic E-state index is 16.2. The van der Waals surface area contributed by atoms with E-state index >= 15 is 4.11 Å². The van der Waals surface area contributed by atoms with Gasteiger partial charge < -0.3 is 28.3 Å². The van der Waals surface area contributed by atoms with Crippen molar-refractivity contribution in [2.45, 2.75) is 50.7 Å². The zero-order valence-corrected chi connectivity index (χ0v) is 28.6. The molecule has 48 heavy (non-hydrogen) atoms. The van der Waals surface area contributed by atoms with Gasteiger partial charge in [-0.1, -0.05) is 61.5 Å². The van der Waals surface area contributed by atoms with Crippen LogP contribution in [0.5, 0.6) is 17.2 Å². The van der Waals surface area contributed by atoms with Gasteiger partial charge in [-0.05, 0) is 61.1 Å². The largest absolute Gasteiger partial charge is 0.490 e. The summed E-state index contributed by atoms with van der Waals surface area (Å²) in [5.74, 6) is 0.751. The number of carbonyl (C=O) groups excluding carboxylic acids is 2. The predicted molar refractivity (Wildman–Crippen MR) is 185 cm³/mol. The maximum atomic E-state index is 16.2. The van der Waals surface area contributed by atoms with Gasteiger partial charge in [-0.15, -0.1) is 0 Å². The molecule has 2 heterocycles. The third-order valence-corrected chi connectivity index (χ3v) is 11.6. The molecule has 0 saturated heterocycles. The summed E-state index contributed by atoms with van der Waals surface area (Å²) in [6.07, 6.45) is -1.19. The minimum atomic E-state index is -3.49. The van der Waals surface area contributed by atoms with Crippen LogP contribution in [-0.4, -0.2) is 56.6 Å². The Labute approximate surface area is 281 Å². The van der Waals surface area contributed by atoms with Crippen molar-refractivity contribution < 1.29 is 33.0 Å². The van der Waals surface area contributed by atoms with Crippen LogP contribution >= 0.6 is 0 Å². The highest BCUT2D eigenvalue weighted by atomic mass is 28.4. The fourth-order valence-corrected chi connectivity index (χ4v) is 8.67. The van der Waals surface area contributed by atoms with Crippen molar-refractivity contribution in [1.29, 1.82) is 0 Å². The van der Waals surface area contributed by atoms with Crippen molar-refractivity contribution in [2.24, 2.45) is 5.92 Å². The van der Waals surface area contributed by atoms with E-state index in [4.69, 9.17) is 14.2 Å². The number of rotatable bonds is 10. The van der Waals surface area contributed by atoms with Crippen LogP contribution in [0.1, 0.15) is 40.9 Å². The summed E-state index contributed by atoms with van der Waals surface area (Å²) in [4.78, 5) is 31.0. The highest BCUT2D eigenvalue weighted by Crippen LogP contribution is 2.50. The number of aliphatic hydroxyl groups excluding tert-OH is 1. The number of fused-ring (bicyclic) bond motifs is 3. The fraction of sp³-hybridized carbons (Fsp3) is 0.316. The van der Waals surface area contributed by atoms with Crippen molar-refractivity contribution >= 4 is 31.6 Å². The Hall–Kier alpha value is -4.51. The molecule has 2 aliphatic heterocycles. The molecule has 0 fully saturated rings. The van der Waals surface area contributed by atoms with Crippen molar-refractivity contribution in [1.82, 2.24) is 4.90 Å². The van der Waals surface area contributed by atoms with E-state index in [2.05, 4.69) is 0 Å². The third kappa shape index (κ3) is 6.60. The molecule has 10 heteroatoms. The smallest absolute Gasteiger partial charge is 0.266 e. The third-order valence-electron chi connectivity index (χ3n) is 9.33. The Morgan fingerprint density at radius 3 is 2.38 bits per heavy atom. The van der Waals surface area contributed by atoms with Crippen LogP contribution in [0.25, 0.3) is 0 Å². The Balaban J connectivity index is 1.33. The lowest BCUT2D eigenvalue weighted by atomic mass is 9.86. The lowest BCUT2D eigenvalue weighted by molar-refractivity contribution is -0.133. The average molecular weight is 669 g/mol. The minimum Gasteiger partial charge on any atom is -0.490 e. The van der Waals surface area contributed by atoms with Gasteiger partial charge in [-0.2, -0.15) is 0 Å². The van der Waals surface area contributed by atoms with E-state index in [0.29, 0.717) is 40.7 Å². The highest BCUT2D eigenvalue weighted by molar-refractivity contribution is 6.72. The van der Waals surface area contributed by atoms with Gasteiger partial charge >= 0.3 is 0 Å². The van der Waals surface area contributed by atoms with Crippen LogP contribution < -0.4 is 14.4 Å². The highest BCUT2D eigenvalue weighted by Gasteiger charge is 2.49. The molecule has 6 rings (SSSR count). The number of ether oxygens (including phenoxy) is 3. The van der Waals surface area contributed by atoms with Crippen molar-refractivity contribution in [2.75, 3.05) is 25.2 Å². The summed E-state index contributed by atoms with van der Waals surface area (Å²) in [6.45, 7) is 5.45. The van der Waals surface area contributed by atoms with Crippen LogP contribution in [0.3, 0.4) is 0 Å². The Morgan fingerprint density at radius 2 is 1.67 bits per heavy atom. The first-order valence-electron chi connectivity index (χ1n) is 16.3. The topological polar surface area (TPSA) is 88.5 Å². The monoisotopic (exact) mass is 668 g/mol. The lowest BCUT2D eigenvalue weighted by Crippen LogP contribution is -2.48. The van der Waals surface area contributed by atoms with Crippen LogP contribution in [0, 0.1) is 5.92 Å². The Kier molecular flexibility index (Phi) is 9.68. The number of nitrogens with zero attached hydrogens (tertiary/aromatic N) is 2. The number of para-hydroxylation sites is 3. The lowest BCUT2D eigenvalue weighted by Gasteiger charge is -2.43. The number of aliphatic hydroxyl groups is 1. The zero-order valence-electron chi connectivity index (χ0n) is 27.6. The first-order valence-corrected chi connectivity index (χ1v) is 19.2. The van der Waals surface area contributed by atoms with Gasteiger partial charge in [0.15, 0.2) is 5.75 Å².